The first-order valence-electron chi connectivity index (χ1n) is 9.28. The lowest BCUT2D eigenvalue weighted by molar-refractivity contribution is -0.140. The van der Waals surface area contributed by atoms with Crippen LogP contribution in [0.25, 0.3) is 10.1 Å². The normalized spacial score (nSPS) is 22.9. The summed E-state index contributed by atoms with van der Waals surface area (Å²) in [5.74, 6) is -0.424. The van der Waals surface area contributed by atoms with Crippen LogP contribution in [0.4, 0.5) is 4.39 Å². The first-order valence-corrected chi connectivity index (χ1v) is 10.1. The number of rotatable bonds is 3. The van der Waals surface area contributed by atoms with E-state index >= 15 is 0 Å². The molecule has 1 saturated carbocycles. The van der Waals surface area contributed by atoms with Crippen LogP contribution in [0.3, 0.4) is 0 Å². The number of hydrogen-bond donors (Lipinski definition) is 0. The van der Waals surface area contributed by atoms with Crippen molar-refractivity contribution in [1.82, 2.24) is 4.90 Å². The maximum Gasteiger partial charge on any atom is 0.348 e. The summed E-state index contributed by atoms with van der Waals surface area (Å²) in [7, 11) is 0. The number of piperidine rings is 1. The number of thiophene rings is 1. The molecule has 2 aromatic rings. The molecular weight excluding hydrogens is 353 g/mol. The highest BCUT2D eigenvalue weighted by Crippen LogP contribution is 2.35. The summed E-state index contributed by atoms with van der Waals surface area (Å²) in [6, 6.07) is 6.55. The van der Waals surface area contributed by atoms with Gasteiger partial charge in [-0.1, -0.05) is 18.9 Å². The molecule has 2 fully saturated rings. The van der Waals surface area contributed by atoms with Crippen LogP contribution >= 0.6 is 11.3 Å². The van der Waals surface area contributed by atoms with Crippen LogP contribution < -0.4 is 0 Å². The van der Waals surface area contributed by atoms with Crippen LogP contribution in [-0.4, -0.2) is 36.0 Å². The number of ether oxygens (including phenoxy) is 1. The van der Waals surface area contributed by atoms with Gasteiger partial charge < -0.3 is 9.64 Å². The average molecular weight is 375 g/mol. The van der Waals surface area contributed by atoms with E-state index in [1.54, 1.807) is 12.1 Å². The van der Waals surface area contributed by atoms with Crippen LogP contribution in [0.2, 0.25) is 0 Å². The minimum absolute atomic E-state index is 0.109. The maximum absolute atomic E-state index is 13.8. The molecule has 1 saturated heterocycles. The molecule has 0 N–H and O–H groups in total. The summed E-state index contributed by atoms with van der Waals surface area (Å²) < 4.78 is 19.7. The van der Waals surface area contributed by atoms with E-state index in [4.69, 9.17) is 4.74 Å². The number of carbonyl (C=O) groups is 2. The van der Waals surface area contributed by atoms with E-state index in [9.17, 15) is 14.0 Å². The summed E-state index contributed by atoms with van der Waals surface area (Å²) in [5.41, 5.74) is 0. The number of likely N-dealkylation sites (tertiary alicyclic amines) is 1. The topological polar surface area (TPSA) is 46.6 Å². The molecule has 0 bridgehead atoms. The van der Waals surface area contributed by atoms with E-state index in [1.807, 2.05) is 4.90 Å². The van der Waals surface area contributed by atoms with Crippen LogP contribution in [0.5, 0.6) is 0 Å². The van der Waals surface area contributed by atoms with Crippen molar-refractivity contribution in [2.24, 2.45) is 5.92 Å². The lowest BCUT2D eigenvalue weighted by Gasteiger charge is -2.44. The molecule has 2 aliphatic rings. The van der Waals surface area contributed by atoms with Crippen LogP contribution in [-0.2, 0) is 9.53 Å². The van der Waals surface area contributed by atoms with E-state index < -0.39 is 5.97 Å². The van der Waals surface area contributed by atoms with Crippen molar-refractivity contribution in [2.45, 2.75) is 44.6 Å². The van der Waals surface area contributed by atoms with Crippen molar-refractivity contribution < 1.29 is 18.7 Å². The Bertz CT molecular complexity index is 832. The molecule has 1 aromatic carbocycles. The number of fused-ring (bicyclic) bond motifs is 2. The summed E-state index contributed by atoms with van der Waals surface area (Å²) in [5, 5.41) is 0.414. The Hall–Kier alpha value is -1.95. The number of hydrogen-bond acceptors (Lipinski definition) is 4. The van der Waals surface area contributed by atoms with Gasteiger partial charge in [0.15, 0.2) is 6.61 Å². The van der Waals surface area contributed by atoms with Gasteiger partial charge in [-0.2, -0.15) is 0 Å². The summed E-state index contributed by atoms with van der Waals surface area (Å²) >= 11 is 1.19. The number of nitrogens with zero attached hydrogens (tertiary/aromatic N) is 1. The third kappa shape index (κ3) is 3.34. The fourth-order valence-corrected chi connectivity index (χ4v) is 5.31. The zero-order valence-corrected chi connectivity index (χ0v) is 15.4. The Labute approximate surface area is 155 Å². The average Bonchev–Trinajstić information content (AvgIpc) is 3.11. The van der Waals surface area contributed by atoms with Gasteiger partial charge in [-0.15, -0.1) is 11.3 Å². The van der Waals surface area contributed by atoms with Crippen molar-refractivity contribution in [3.63, 3.8) is 0 Å². The van der Waals surface area contributed by atoms with Crippen molar-refractivity contribution in [2.75, 3.05) is 13.2 Å². The minimum Gasteiger partial charge on any atom is -0.451 e. The van der Waals surface area contributed by atoms with E-state index in [0.29, 0.717) is 26.9 Å². The Morgan fingerprint density at radius 3 is 2.85 bits per heavy atom. The zero-order chi connectivity index (χ0) is 18.1. The lowest BCUT2D eigenvalue weighted by atomic mass is 9.78. The van der Waals surface area contributed by atoms with Gasteiger partial charge in [0.05, 0.1) is 0 Å². The largest absolute Gasteiger partial charge is 0.451 e. The second kappa shape index (κ2) is 7.35. The number of esters is 1. The first-order chi connectivity index (χ1) is 12.6. The molecule has 1 aliphatic heterocycles. The minimum atomic E-state index is -0.559. The standard InChI is InChI=1S/C20H22FNO3S/c21-15-7-3-9-17-14(15)11-18(26-17)20(24)25-12-19(23)22-10-4-6-13-5-1-2-8-16(13)22/h3,7,9,11,13,16H,1-2,4-6,8,10,12H2/t13-,16-/m0/s1. The van der Waals surface area contributed by atoms with Crippen molar-refractivity contribution in [1.29, 1.82) is 0 Å². The molecule has 138 valence electrons. The fourth-order valence-electron chi connectivity index (χ4n) is 4.34. The van der Waals surface area contributed by atoms with Gasteiger partial charge in [0.1, 0.15) is 10.7 Å². The Balaban J connectivity index is 1.40. The van der Waals surface area contributed by atoms with Crippen molar-refractivity contribution in [3.8, 4) is 0 Å². The summed E-state index contributed by atoms with van der Waals surface area (Å²) in [6.45, 7) is 0.518. The van der Waals surface area contributed by atoms with E-state index in [-0.39, 0.29) is 18.3 Å². The predicted octanol–water partition coefficient (Wildman–Crippen LogP) is 4.38. The predicted molar refractivity (Wildman–Crippen MR) is 98.8 cm³/mol. The Morgan fingerprint density at radius 1 is 1.19 bits per heavy atom. The van der Waals surface area contributed by atoms with Gasteiger partial charge >= 0.3 is 5.97 Å². The molecule has 1 aromatic heterocycles. The molecular formula is C20H22FNO3S. The Kier molecular flexibility index (Phi) is 4.94. The molecule has 6 heteroatoms. The molecule has 0 spiro atoms. The SMILES string of the molecule is O=C(OCC(=O)N1CCC[C@@H]2CCCC[C@@H]21)c1cc2c(F)cccc2s1. The number of carbonyl (C=O) groups excluding carboxylic acids is 2. The van der Waals surface area contributed by atoms with Gasteiger partial charge in [0, 0.05) is 22.7 Å². The van der Waals surface area contributed by atoms with E-state index in [1.165, 1.54) is 42.7 Å². The Morgan fingerprint density at radius 2 is 2.00 bits per heavy atom. The second-order valence-electron chi connectivity index (χ2n) is 7.18. The van der Waals surface area contributed by atoms with Gasteiger partial charge in [-0.3, -0.25) is 4.79 Å². The van der Waals surface area contributed by atoms with Crippen LogP contribution in [0.15, 0.2) is 24.3 Å². The molecule has 2 heterocycles. The molecule has 2 atom stereocenters. The highest BCUT2D eigenvalue weighted by Gasteiger charge is 2.35. The third-order valence-electron chi connectivity index (χ3n) is 5.60. The van der Waals surface area contributed by atoms with Crippen LogP contribution in [0.1, 0.15) is 48.2 Å². The molecule has 4 rings (SSSR count). The molecule has 4 nitrogen and oxygen atoms in total. The van der Waals surface area contributed by atoms with Crippen molar-refractivity contribution in [3.05, 3.63) is 35.0 Å². The fraction of sp³-hybridized carbons (Fsp3) is 0.500. The van der Waals surface area contributed by atoms with Crippen molar-refractivity contribution >= 4 is 33.3 Å². The quantitative estimate of drug-likeness (QED) is 0.748. The summed E-state index contributed by atoms with van der Waals surface area (Å²) in [4.78, 5) is 27.1. The van der Waals surface area contributed by atoms with E-state index in [0.717, 1.165) is 25.8 Å². The molecule has 1 amide bonds. The van der Waals surface area contributed by atoms with Crippen LogP contribution in [0, 0.1) is 11.7 Å². The second-order valence-corrected chi connectivity index (χ2v) is 8.26. The monoisotopic (exact) mass is 375 g/mol. The smallest absolute Gasteiger partial charge is 0.348 e. The highest BCUT2D eigenvalue weighted by atomic mass is 32.1. The number of benzene rings is 1. The maximum atomic E-state index is 13.8. The molecule has 0 radical (unpaired) electrons. The first kappa shape index (κ1) is 17.5. The lowest BCUT2D eigenvalue weighted by Crippen LogP contribution is -2.50. The van der Waals surface area contributed by atoms with Gasteiger partial charge in [0.25, 0.3) is 5.91 Å². The van der Waals surface area contributed by atoms with Gasteiger partial charge in [-0.25, -0.2) is 9.18 Å². The van der Waals surface area contributed by atoms with Gasteiger partial charge in [-0.05, 0) is 49.8 Å². The van der Waals surface area contributed by atoms with Gasteiger partial charge in [0.2, 0.25) is 0 Å². The highest BCUT2D eigenvalue weighted by molar-refractivity contribution is 7.20. The molecule has 0 unspecified atom stereocenters. The molecule has 1 aliphatic carbocycles. The summed E-state index contributed by atoms with van der Waals surface area (Å²) in [6.07, 6.45) is 6.89. The molecule has 26 heavy (non-hydrogen) atoms. The third-order valence-corrected chi connectivity index (χ3v) is 6.68. The zero-order valence-electron chi connectivity index (χ0n) is 14.6. The number of halogens is 1. The van der Waals surface area contributed by atoms with E-state index in [2.05, 4.69) is 0 Å². The number of amides is 1.